The summed E-state index contributed by atoms with van der Waals surface area (Å²) in [6, 6.07) is 13.7. The molecule has 0 aliphatic heterocycles. The molecule has 30 heavy (non-hydrogen) atoms. The summed E-state index contributed by atoms with van der Waals surface area (Å²) in [6.45, 7) is 0. The maximum Gasteiger partial charge on any atom is 0.315 e. The lowest BCUT2D eigenvalue weighted by molar-refractivity contribution is -0.134. The van der Waals surface area contributed by atoms with E-state index >= 15 is 0 Å². The Morgan fingerprint density at radius 1 is 0.567 bits per heavy atom. The minimum Gasteiger partial charge on any atom is -0.508 e. The molecular formula is C22H18O8. The first-order valence-electron chi connectivity index (χ1n) is 8.82. The zero-order valence-corrected chi connectivity index (χ0v) is 15.6. The van der Waals surface area contributed by atoms with Crippen LogP contribution in [0.1, 0.15) is 11.1 Å². The van der Waals surface area contributed by atoms with Crippen molar-refractivity contribution in [3.8, 4) is 34.5 Å². The molecule has 8 nitrogen and oxygen atoms in total. The molecule has 0 atom stereocenters. The van der Waals surface area contributed by atoms with Crippen LogP contribution in [0.5, 0.6) is 34.5 Å². The third-order valence-corrected chi connectivity index (χ3v) is 3.94. The highest BCUT2D eigenvalue weighted by Gasteiger charge is 2.11. The average Bonchev–Trinajstić information content (AvgIpc) is 2.61. The summed E-state index contributed by atoms with van der Waals surface area (Å²) < 4.78 is 10.2. The average molecular weight is 410 g/mol. The van der Waals surface area contributed by atoms with Crippen molar-refractivity contribution >= 4 is 11.9 Å². The SMILES string of the molecule is O=C(Cc1ccc(CC(=O)Oc2cc(O)cc(O)c2)cc1)Oc1cc(O)cc(O)c1. The summed E-state index contributed by atoms with van der Waals surface area (Å²) >= 11 is 0. The van der Waals surface area contributed by atoms with Crippen LogP contribution >= 0.6 is 0 Å². The van der Waals surface area contributed by atoms with Crippen molar-refractivity contribution in [1.29, 1.82) is 0 Å². The number of rotatable bonds is 6. The normalized spacial score (nSPS) is 10.4. The van der Waals surface area contributed by atoms with Crippen LogP contribution in [-0.4, -0.2) is 32.4 Å². The molecule has 154 valence electrons. The number of carbonyl (C=O) groups excluding carboxylic acids is 2. The molecule has 0 saturated carbocycles. The van der Waals surface area contributed by atoms with E-state index in [1.54, 1.807) is 24.3 Å². The molecule has 0 radical (unpaired) electrons. The second kappa shape index (κ2) is 8.87. The molecule has 3 rings (SSSR count). The van der Waals surface area contributed by atoms with Crippen LogP contribution in [0.15, 0.2) is 60.7 Å². The summed E-state index contributed by atoms with van der Waals surface area (Å²) in [6.07, 6.45) is -0.104. The fraction of sp³-hybridized carbons (Fsp3) is 0.0909. The molecule has 0 amide bonds. The van der Waals surface area contributed by atoms with E-state index < -0.39 is 11.9 Å². The molecule has 0 fully saturated rings. The number of aromatic hydroxyl groups is 4. The van der Waals surface area contributed by atoms with Crippen LogP contribution < -0.4 is 9.47 Å². The topological polar surface area (TPSA) is 134 Å². The number of hydrogen-bond acceptors (Lipinski definition) is 8. The predicted octanol–water partition coefficient (Wildman–Crippen LogP) is 2.81. The minimum absolute atomic E-state index is 0.0230. The fourth-order valence-corrected chi connectivity index (χ4v) is 2.70. The summed E-state index contributed by atoms with van der Waals surface area (Å²) in [7, 11) is 0. The Labute approximate surface area is 171 Å². The minimum atomic E-state index is -0.587. The molecule has 0 aliphatic rings. The Morgan fingerprint density at radius 2 is 0.867 bits per heavy atom. The van der Waals surface area contributed by atoms with Gasteiger partial charge in [0.15, 0.2) is 0 Å². The van der Waals surface area contributed by atoms with Gasteiger partial charge in [-0.1, -0.05) is 24.3 Å². The molecule has 0 saturated heterocycles. The van der Waals surface area contributed by atoms with Crippen LogP contribution in [0.3, 0.4) is 0 Å². The van der Waals surface area contributed by atoms with E-state index in [1.165, 1.54) is 24.3 Å². The lowest BCUT2D eigenvalue weighted by Gasteiger charge is -2.07. The van der Waals surface area contributed by atoms with Crippen molar-refractivity contribution in [3.05, 3.63) is 71.8 Å². The first-order chi connectivity index (χ1) is 14.3. The highest BCUT2D eigenvalue weighted by Crippen LogP contribution is 2.27. The lowest BCUT2D eigenvalue weighted by Crippen LogP contribution is -2.12. The van der Waals surface area contributed by atoms with Gasteiger partial charge in [0.2, 0.25) is 0 Å². The molecule has 0 heterocycles. The second-order valence-corrected chi connectivity index (χ2v) is 6.49. The van der Waals surface area contributed by atoms with Gasteiger partial charge in [-0.2, -0.15) is 0 Å². The summed E-state index contributed by atoms with van der Waals surface area (Å²) in [5, 5.41) is 37.6. The van der Waals surface area contributed by atoms with Crippen LogP contribution in [-0.2, 0) is 22.4 Å². The van der Waals surface area contributed by atoms with Gasteiger partial charge in [0.1, 0.15) is 34.5 Å². The van der Waals surface area contributed by atoms with Crippen molar-refractivity contribution in [2.24, 2.45) is 0 Å². The van der Waals surface area contributed by atoms with Gasteiger partial charge < -0.3 is 29.9 Å². The third-order valence-electron chi connectivity index (χ3n) is 3.94. The van der Waals surface area contributed by atoms with Gasteiger partial charge in [-0.15, -0.1) is 0 Å². The van der Waals surface area contributed by atoms with Gasteiger partial charge in [-0.3, -0.25) is 9.59 Å². The number of ether oxygens (including phenoxy) is 2. The van der Waals surface area contributed by atoms with Crippen molar-refractivity contribution in [3.63, 3.8) is 0 Å². The summed E-state index contributed by atoms with van der Waals surface area (Å²) in [5.41, 5.74) is 1.28. The number of hydrogen-bond donors (Lipinski definition) is 4. The smallest absolute Gasteiger partial charge is 0.315 e. The van der Waals surface area contributed by atoms with E-state index in [9.17, 15) is 30.0 Å². The quantitative estimate of drug-likeness (QED) is 0.360. The van der Waals surface area contributed by atoms with Gasteiger partial charge in [-0.25, -0.2) is 0 Å². The van der Waals surface area contributed by atoms with Crippen LogP contribution in [0.25, 0.3) is 0 Å². The Kier molecular flexibility index (Phi) is 6.07. The molecule has 3 aromatic carbocycles. The Balaban J connectivity index is 1.55. The Hall–Kier alpha value is -4.20. The lowest BCUT2D eigenvalue weighted by atomic mass is 10.1. The fourth-order valence-electron chi connectivity index (χ4n) is 2.70. The molecule has 4 N–H and O–H groups in total. The highest BCUT2D eigenvalue weighted by atomic mass is 16.5. The van der Waals surface area contributed by atoms with Gasteiger partial charge in [0.05, 0.1) is 12.8 Å². The van der Waals surface area contributed by atoms with E-state index in [-0.39, 0.29) is 47.3 Å². The van der Waals surface area contributed by atoms with E-state index in [1.807, 2.05) is 0 Å². The van der Waals surface area contributed by atoms with Gasteiger partial charge >= 0.3 is 11.9 Å². The molecule has 3 aromatic rings. The van der Waals surface area contributed by atoms with E-state index in [0.29, 0.717) is 11.1 Å². The molecule has 0 aromatic heterocycles. The first-order valence-corrected chi connectivity index (χ1v) is 8.82. The molecule has 0 bridgehead atoms. The van der Waals surface area contributed by atoms with Crippen LogP contribution in [0.2, 0.25) is 0 Å². The van der Waals surface area contributed by atoms with Crippen molar-refractivity contribution in [2.45, 2.75) is 12.8 Å². The van der Waals surface area contributed by atoms with Gasteiger partial charge in [0, 0.05) is 36.4 Å². The maximum absolute atomic E-state index is 12.0. The number of phenolic OH excluding ortho intramolecular Hbond substituents is 4. The Morgan fingerprint density at radius 3 is 1.17 bits per heavy atom. The highest BCUT2D eigenvalue weighted by molar-refractivity contribution is 5.76. The third kappa shape index (κ3) is 5.90. The zero-order valence-electron chi connectivity index (χ0n) is 15.6. The number of esters is 2. The van der Waals surface area contributed by atoms with Gasteiger partial charge in [0.25, 0.3) is 0 Å². The number of phenols is 4. The number of carbonyl (C=O) groups is 2. The van der Waals surface area contributed by atoms with E-state index in [2.05, 4.69) is 0 Å². The second-order valence-electron chi connectivity index (χ2n) is 6.49. The maximum atomic E-state index is 12.0. The van der Waals surface area contributed by atoms with Crippen molar-refractivity contribution < 1.29 is 39.5 Å². The monoisotopic (exact) mass is 410 g/mol. The largest absolute Gasteiger partial charge is 0.508 e. The zero-order chi connectivity index (χ0) is 21.7. The summed E-state index contributed by atoms with van der Waals surface area (Å²) in [4.78, 5) is 24.0. The molecule has 0 spiro atoms. The van der Waals surface area contributed by atoms with Crippen molar-refractivity contribution in [1.82, 2.24) is 0 Å². The van der Waals surface area contributed by atoms with Crippen LogP contribution in [0, 0.1) is 0 Å². The number of benzene rings is 3. The predicted molar refractivity (Wildman–Crippen MR) is 105 cm³/mol. The van der Waals surface area contributed by atoms with Gasteiger partial charge in [-0.05, 0) is 11.1 Å². The Bertz CT molecular complexity index is 946. The molecule has 0 aliphatic carbocycles. The molecule has 8 heteroatoms. The summed E-state index contributed by atoms with van der Waals surface area (Å²) in [5.74, 6) is -2.04. The van der Waals surface area contributed by atoms with Crippen LogP contribution in [0.4, 0.5) is 0 Å². The standard InChI is InChI=1S/C22H18O8/c23-15-7-16(24)10-19(9-15)29-21(27)5-13-1-2-14(4-3-13)6-22(28)30-20-11-17(25)8-18(26)12-20/h1-4,7-12,23-26H,5-6H2. The molecular weight excluding hydrogens is 392 g/mol. The van der Waals surface area contributed by atoms with Crippen molar-refractivity contribution in [2.75, 3.05) is 0 Å². The van der Waals surface area contributed by atoms with E-state index in [4.69, 9.17) is 9.47 Å². The van der Waals surface area contributed by atoms with E-state index in [0.717, 1.165) is 12.1 Å². The first kappa shape index (κ1) is 20.5. The molecule has 0 unspecified atom stereocenters.